The van der Waals surface area contributed by atoms with Gasteiger partial charge in [0.1, 0.15) is 6.04 Å². The molecule has 2 N–H and O–H groups in total. The second-order valence-electron chi connectivity index (χ2n) is 5.54. The monoisotopic (exact) mass is 323 g/mol. The first kappa shape index (κ1) is 17.0. The summed E-state index contributed by atoms with van der Waals surface area (Å²) < 4.78 is 0. The molecule has 1 fully saturated rings. The molecule has 1 saturated heterocycles. The fraction of sp³-hybridized carbons (Fsp3) is 0.625. The van der Waals surface area contributed by atoms with Crippen LogP contribution in [0.1, 0.15) is 31.1 Å². The van der Waals surface area contributed by atoms with Crippen LogP contribution in [0.3, 0.4) is 0 Å². The van der Waals surface area contributed by atoms with Gasteiger partial charge in [-0.2, -0.15) is 0 Å². The molecular weight excluding hydrogens is 298 g/mol. The summed E-state index contributed by atoms with van der Waals surface area (Å²) in [5, 5.41) is 8.16. The van der Waals surface area contributed by atoms with Crippen LogP contribution in [-0.2, 0) is 16.0 Å². The fourth-order valence-corrected chi connectivity index (χ4v) is 3.39. The zero-order valence-electron chi connectivity index (χ0n) is 13.1. The number of likely N-dealkylation sites (tertiary alicyclic amines) is 1. The molecular formula is C16H25N3O2S. The van der Waals surface area contributed by atoms with E-state index in [0.29, 0.717) is 19.5 Å². The Hall–Kier alpha value is -1.40. The summed E-state index contributed by atoms with van der Waals surface area (Å²) in [6.07, 6.45) is 3.16. The van der Waals surface area contributed by atoms with Gasteiger partial charge in [-0.15, -0.1) is 11.3 Å². The van der Waals surface area contributed by atoms with Gasteiger partial charge in [-0.25, -0.2) is 0 Å². The molecule has 0 spiro atoms. The first-order valence-corrected chi connectivity index (χ1v) is 8.90. The Bertz CT molecular complexity index is 476. The summed E-state index contributed by atoms with van der Waals surface area (Å²) in [5.41, 5.74) is 0. The number of carbonyl (C=O) groups is 2. The van der Waals surface area contributed by atoms with E-state index in [2.05, 4.69) is 17.6 Å². The summed E-state index contributed by atoms with van der Waals surface area (Å²) in [6, 6.07) is 3.62. The minimum Gasteiger partial charge on any atom is -0.353 e. The van der Waals surface area contributed by atoms with Crippen LogP contribution < -0.4 is 10.6 Å². The van der Waals surface area contributed by atoms with E-state index in [1.165, 1.54) is 0 Å². The molecule has 0 aromatic carbocycles. The number of rotatable bonds is 8. The van der Waals surface area contributed by atoms with Crippen LogP contribution in [0.25, 0.3) is 0 Å². The summed E-state index contributed by atoms with van der Waals surface area (Å²) in [5.74, 6) is 0.0412. The predicted molar refractivity (Wildman–Crippen MR) is 88.9 cm³/mol. The van der Waals surface area contributed by atoms with Crippen LogP contribution in [0.15, 0.2) is 17.5 Å². The lowest BCUT2D eigenvalue weighted by Gasteiger charge is -2.24. The highest BCUT2D eigenvalue weighted by Crippen LogP contribution is 2.20. The van der Waals surface area contributed by atoms with Gasteiger partial charge in [0.2, 0.25) is 11.8 Å². The molecule has 5 nitrogen and oxygen atoms in total. The normalized spacial score (nSPS) is 17.7. The second-order valence-corrected chi connectivity index (χ2v) is 6.57. The molecule has 0 radical (unpaired) electrons. The Kier molecular flexibility index (Phi) is 6.86. The lowest BCUT2D eigenvalue weighted by Crippen LogP contribution is -2.47. The van der Waals surface area contributed by atoms with E-state index < -0.39 is 0 Å². The first-order chi connectivity index (χ1) is 10.7. The van der Waals surface area contributed by atoms with Gasteiger partial charge in [0, 0.05) is 24.5 Å². The average molecular weight is 323 g/mol. The molecule has 22 heavy (non-hydrogen) atoms. The van der Waals surface area contributed by atoms with Gasteiger partial charge in [0.05, 0.1) is 6.42 Å². The van der Waals surface area contributed by atoms with Crippen molar-refractivity contribution in [3.8, 4) is 0 Å². The van der Waals surface area contributed by atoms with Crippen LogP contribution in [0.5, 0.6) is 0 Å². The third-order valence-electron chi connectivity index (χ3n) is 3.81. The topological polar surface area (TPSA) is 61.4 Å². The molecule has 6 heteroatoms. The predicted octanol–water partition coefficient (Wildman–Crippen LogP) is 1.40. The van der Waals surface area contributed by atoms with E-state index in [9.17, 15) is 9.59 Å². The average Bonchev–Trinajstić information content (AvgIpc) is 3.17. The molecule has 1 aliphatic heterocycles. The van der Waals surface area contributed by atoms with Gasteiger partial charge in [0.15, 0.2) is 0 Å². The number of carbonyl (C=O) groups excluding carboxylic acids is 2. The maximum absolute atomic E-state index is 12.4. The summed E-state index contributed by atoms with van der Waals surface area (Å²) in [6.45, 7) is 5.15. The van der Waals surface area contributed by atoms with Gasteiger partial charge in [0.25, 0.3) is 0 Å². The second kappa shape index (κ2) is 8.90. The van der Waals surface area contributed by atoms with Crippen molar-refractivity contribution in [2.24, 2.45) is 0 Å². The third-order valence-corrected chi connectivity index (χ3v) is 4.69. The molecule has 1 aromatic rings. The molecule has 122 valence electrons. The van der Waals surface area contributed by atoms with Crippen molar-refractivity contribution in [3.05, 3.63) is 22.4 Å². The largest absolute Gasteiger partial charge is 0.353 e. The number of nitrogens with zero attached hydrogens (tertiary/aromatic N) is 1. The van der Waals surface area contributed by atoms with E-state index in [4.69, 9.17) is 0 Å². The minimum absolute atomic E-state index is 0.0182. The van der Waals surface area contributed by atoms with Gasteiger partial charge in [-0.1, -0.05) is 13.0 Å². The summed E-state index contributed by atoms with van der Waals surface area (Å²) in [4.78, 5) is 27.4. The van der Waals surface area contributed by atoms with E-state index in [-0.39, 0.29) is 17.9 Å². The molecule has 0 aliphatic carbocycles. The van der Waals surface area contributed by atoms with Crippen LogP contribution >= 0.6 is 11.3 Å². The standard InChI is InChI=1S/C16H25N3O2S/c1-2-7-17-8-9-18-16(21)14-6-3-10-19(14)15(20)12-13-5-4-11-22-13/h4-5,11,14,17H,2-3,6-10,12H2,1H3,(H,18,21). The van der Waals surface area contributed by atoms with E-state index >= 15 is 0 Å². The Labute approximate surface area is 136 Å². The number of hydrogen-bond donors (Lipinski definition) is 2. The zero-order valence-corrected chi connectivity index (χ0v) is 14.0. The Morgan fingerprint density at radius 2 is 2.23 bits per heavy atom. The molecule has 2 amide bonds. The molecule has 0 bridgehead atoms. The highest BCUT2D eigenvalue weighted by molar-refractivity contribution is 7.10. The van der Waals surface area contributed by atoms with Crippen LogP contribution in [0.4, 0.5) is 0 Å². The molecule has 1 atom stereocenters. The van der Waals surface area contributed by atoms with Gasteiger partial charge in [-0.3, -0.25) is 9.59 Å². The maximum Gasteiger partial charge on any atom is 0.242 e. The van der Waals surface area contributed by atoms with E-state index in [1.807, 2.05) is 17.5 Å². The number of nitrogens with one attached hydrogen (secondary N) is 2. The van der Waals surface area contributed by atoms with Crippen molar-refractivity contribution < 1.29 is 9.59 Å². The van der Waals surface area contributed by atoms with E-state index in [0.717, 1.165) is 37.2 Å². The summed E-state index contributed by atoms with van der Waals surface area (Å²) >= 11 is 1.58. The molecule has 2 rings (SSSR count). The maximum atomic E-state index is 12.4. The molecule has 1 unspecified atom stereocenters. The zero-order chi connectivity index (χ0) is 15.8. The first-order valence-electron chi connectivity index (χ1n) is 8.02. The molecule has 1 aliphatic rings. The highest BCUT2D eigenvalue weighted by Gasteiger charge is 2.33. The molecule has 2 heterocycles. The SMILES string of the molecule is CCCNCCNC(=O)C1CCCN1C(=O)Cc1cccs1. The smallest absolute Gasteiger partial charge is 0.242 e. The van der Waals surface area contributed by atoms with Crippen LogP contribution in [0.2, 0.25) is 0 Å². The van der Waals surface area contributed by atoms with Crippen molar-refractivity contribution in [1.29, 1.82) is 0 Å². The summed E-state index contributed by atoms with van der Waals surface area (Å²) in [7, 11) is 0. The van der Waals surface area contributed by atoms with Crippen molar-refractivity contribution in [1.82, 2.24) is 15.5 Å². The highest BCUT2D eigenvalue weighted by atomic mass is 32.1. The Morgan fingerprint density at radius 1 is 1.36 bits per heavy atom. The van der Waals surface area contributed by atoms with Crippen molar-refractivity contribution in [2.75, 3.05) is 26.2 Å². The third kappa shape index (κ3) is 4.81. The van der Waals surface area contributed by atoms with Crippen molar-refractivity contribution in [2.45, 2.75) is 38.6 Å². The Balaban J connectivity index is 1.79. The van der Waals surface area contributed by atoms with Crippen LogP contribution in [-0.4, -0.2) is 48.9 Å². The number of hydrogen-bond acceptors (Lipinski definition) is 4. The number of thiophene rings is 1. The van der Waals surface area contributed by atoms with Gasteiger partial charge in [-0.05, 0) is 37.3 Å². The van der Waals surface area contributed by atoms with E-state index in [1.54, 1.807) is 16.2 Å². The lowest BCUT2D eigenvalue weighted by molar-refractivity contribution is -0.137. The quantitative estimate of drug-likeness (QED) is 0.711. The molecule has 1 aromatic heterocycles. The van der Waals surface area contributed by atoms with Gasteiger partial charge >= 0.3 is 0 Å². The van der Waals surface area contributed by atoms with Gasteiger partial charge < -0.3 is 15.5 Å². The van der Waals surface area contributed by atoms with Crippen molar-refractivity contribution >= 4 is 23.2 Å². The van der Waals surface area contributed by atoms with Crippen molar-refractivity contribution in [3.63, 3.8) is 0 Å². The minimum atomic E-state index is -0.293. The number of amides is 2. The van der Waals surface area contributed by atoms with Crippen LogP contribution in [0, 0.1) is 0 Å². The Morgan fingerprint density at radius 3 is 2.95 bits per heavy atom. The fourth-order valence-electron chi connectivity index (χ4n) is 2.70. The lowest BCUT2D eigenvalue weighted by atomic mass is 10.2. The molecule has 0 saturated carbocycles.